The van der Waals surface area contributed by atoms with Gasteiger partial charge in [0, 0.05) is 11.6 Å². The minimum atomic E-state index is -0.927. The number of ether oxygens (including phenoxy) is 1. The van der Waals surface area contributed by atoms with Crippen LogP contribution < -0.4 is 4.74 Å². The van der Waals surface area contributed by atoms with Crippen LogP contribution in [0.15, 0.2) is 54.6 Å². The highest BCUT2D eigenvalue weighted by Gasteiger charge is 2.24. The van der Waals surface area contributed by atoms with Crippen LogP contribution in [0.5, 0.6) is 5.75 Å². The van der Waals surface area contributed by atoms with Crippen LogP contribution in [0.25, 0.3) is 33.2 Å². The van der Waals surface area contributed by atoms with Gasteiger partial charge in [0.15, 0.2) is 0 Å². The summed E-state index contributed by atoms with van der Waals surface area (Å²) in [6, 6.07) is 18.0. The van der Waals surface area contributed by atoms with Gasteiger partial charge in [-0.3, -0.25) is 0 Å². The van der Waals surface area contributed by atoms with Crippen molar-refractivity contribution in [2.24, 2.45) is 0 Å². The number of hydrogen-bond acceptors (Lipinski definition) is 3. The summed E-state index contributed by atoms with van der Waals surface area (Å²) in [4.78, 5) is 16.3. The molecule has 1 aliphatic carbocycles. The Balaban J connectivity index is 1.71. The van der Waals surface area contributed by atoms with Crippen molar-refractivity contribution in [1.29, 1.82) is 0 Å². The van der Waals surface area contributed by atoms with E-state index in [1.807, 2.05) is 18.2 Å². The Morgan fingerprint density at radius 1 is 1.03 bits per heavy atom. The predicted octanol–water partition coefficient (Wildman–Crippen LogP) is 5.68. The third-order valence-electron chi connectivity index (χ3n) is 5.93. The number of aromatic nitrogens is 2. The van der Waals surface area contributed by atoms with Gasteiger partial charge in [0.1, 0.15) is 11.6 Å². The lowest BCUT2D eigenvalue weighted by Crippen LogP contribution is -2.06. The fourth-order valence-corrected chi connectivity index (χ4v) is 4.46. The smallest absolute Gasteiger partial charge is 0.335 e. The monoisotopic (exact) mass is 386 g/mol. The van der Waals surface area contributed by atoms with E-state index in [1.165, 1.54) is 12.8 Å². The first-order chi connectivity index (χ1) is 14.1. The predicted molar refractivity (Wildman–Crippen MR) is 114 cm³/mol. The van der Waals surface area contributed by atoms with Crippen LogP contribution in [0.4, 0.5) is 0 Å². The molecule has 1 aromatic heterocycles. The Bertz CT molecular complexity index is 1240. The Morgan fingerprint density at radius 2 is 1.79 bits per heavy atom. The van der Waals surface area contributed by atoms with Crippen LogP contribution in [-0.2, 0) is 0 Å². The first-order valence-corrected chi connectivity index (χ1v) is 9.97. The second-order valence-electron chi connectivity index (χ2n) is 7.68. The number of methoxy groups -OCH3 is 1. The minimum absolute atomic E-state index is 0.269. The van der Waals surface area contributed by atoms with Crippen LogP contribution in [0.2, 0.25) is 0 Å². The summed E-state index contributed by atoms with van der Waals surface area (Å²) in [5.74, 6) is 0.820. The average Bonchev–Trinajstić information content (AvgIpc) is 3.39. The van der Waals surface area contributed by atoms with E-state index < -0.39 is 5.97 Å². The van der Waals surface area contributed by atoms with Crippen LogP contribution >= 0.6 is 0 Å². The van der Waals surface area contributed by atoms with E-state index in [2.05, 4.69) is 28.8 Å². The van der Waals surface area contributed by atoms with E-state index in [-0.39, 0.29) is 5.56 Å². The maximum Gasteiger partial charge on any atom is 0.335 e. The van der Waals surface area contributed by atoms with E-state index in [0.717, 1.165) is 51.8 Å². The van der Waals surface area contributed by atoms with E-state index in [0.29, 0.717) is 6.04 Å². The molecule has 0 atom stereocenters. The molecule has 0 radical (unpaired) electrons. The molecule has 1 saturated carbocycles. The summed E-state index contributed by atoms with van der Waals surface area (Å²) in [6.45, 7) is 0. The molecule has 4 aromatic rings. The van der Waals surface area contributed by atoms with E-state index in [1.54, 1.807) is 19.2 Å². The molecular weight excluding hydrogens is 364 g/mol. The molecule has 1 fully saturated rings. The highest BCUT2D eigenvalue weighted by molar-refractivity contribution is 5.94. The molecule has 5 nitrogen and oxygen atoms in total. The van der Waals surface area contributed by atoms with Gasteiger partial charge in [-0.25, -0.2) is 9.78 Å². The van der Waals surface area contributed by atoms with Gasteiger partial charge < -0.3 is 14.4 Å². The molecule has 0 spiro atoms. The van der Waals surface area contributed by atoms with Gasteiger partial charge in [-0.15, -0.1) is 0 Å². The third-order valence-corrected chi connectivity index (χ3v) is 5.93. The van der Waals surface area contributed by atoms with Crippen molar-refractivity contribution in [3.05, 3.63) is 60.2 Å². The first kappa shape index (κ1) is 17.7. The van der Waals surface area contributed by atoms with Gasteiger partial charge in [-0.05, 0) is 60.0 Å². The van der Waals surface area contributed by atoms with E-state index in [9.17, 15) is 9.90 Å². The molecule has 3 aromatic carbocycles. The second kappa shape index (κ2) is 6.92. The number of fused-ring (bicyclic) bond motifs is 2. The van der Waals surface area contributed by atoms with Crippen LogP contribution in [0, 0.1) is 0 Å². The lowest BCUT2D eigenvalue weighted by atomic mass is 10.1. The largest absolute Gasteiger partial charge is 0.497 e. The molecule has 146 valence electrons. The molecular formula is C24H22N2O3. The topological polar surface area (TPSA) is 64.3 Å². The maximum absolute atomic E-state index is 11.4. The normalized spacial score (nSPS) is 14.7. The molecule has 0 saturated heterocycles. The number of rotatable bonds is 4. The van der Waals surface area contributed by atoms with Crippen molar-refractivity contribution in [1.82, 2.24) is 9.55 Å². The van der Waals surface area contributed by atoms with Crippen LogP contribution in [0.1, 0.15) is 42.1 Å². The van der Waals surface area contributed by atoms with Crippen molar-refractivity contribution >= 4 is 27.8 Å². The van der Waals surface area contributed by atoms with Crippen LogP contribution in [-0.4, -0.2) is 27.7 Å². The standard InChI is InChI=1S/C24H22N2O3/c1-29-20-10-8-15-12-17(7-6-16(15)13-20)23-25-21-14-18(24(27)28)9-11-22(21)26(23)19-4-2-3-5-19/h6-14,19H,2-5H2,1H3,(H,27,28). The lowest BCUT2D eigenvalue weighted by molar-refractivity contribution is 0.0697. The fourth-order valence-electron chi connectivity index (χ4n) is 4.46. The van der Waals surface area contributed by atoms with Gasteiger partial charge in [0.05, 0.1) is 23.7 Å². The Kier molecular flexibility index (Phi) is 4.23. The molecule has 5 rings (SSSR count). The number of benzene rings is 3. The van der Waals surface area contributed by atoms with Crippen molar-refractivity contribution in [3.63, 3.8) is 0 Å². The maximum atomic E-state index is 11.4. The summed E-state index contributed by atoms with van der Waals surface area (Å²) in [5, 5.41) is 11.6. The van der Waals surface area contributed by atoms with E-state index in [4.69, 9.17) is 9.72 Å². The molecule has 0 aliphatic heterocycles. The number of carboxylic acids is 1. The van der Waals surface area contributed by atoms with Gasteiger partial charge >= 0.3 is 5.97 Å². The number of hydrogen-bond donors (Lipinski definition) is 1. The summed E-state index contributed by atoms with van der Waals surface area (Å²) >= 11 is 0. The zero-order chi connectivity index (χ0) is 20.0. The number of nitrogens with zero attached hydrogens (tertiary/aromatic N) is 2. The van der Waals surface area contributed by atoms with Gasteiger partial charge in [0.25, 0.3) is 0 Å². The second-order valence-corrected chi connectivity index (χ2v) is 7.68. The Hall–Kier alpha value is -3.34. The molecule has 0 bridgehead atoms. The van der Waals surface area contributed by atoms with Gasteiger partial charge in [-0.2, -0.15) is 0 Å². The first-order valence-electron chi connectivity index (χ1n) is 9.97. The van der Waals surface area contributed by atoms with E-state index >= 15 is 0 Å². The highest BCUT2D eigenvalue weighted by Crippen LogP contribution is 2.38. The average molecular weight is 386 g/mol. The van der Waals surface area contributed by atoms with Crippen molar-refractivity contribution in [2.75, 3.05) is 7.11 Å². The Labute approximate surface area is 168 Å². The van der Waals surface area contributed by atoms with Crippen molar-refractivity contribution < 1.29 is 14.6 Å². The summed E-state index contributed by atoms with van der Waals surface area (Å²) in [6.07, 6.45) is 4.69. The minimum Gasteiger partial charge on any atom is -0.497 e. The number of imidazole rings is 1. The summed E-state index contributed by atoms with van der Waals surface area (Å²) in [5.41, 5.74) is 3.06. The Morgan fingerprint density at radius 3 is 2.55 bits per heavy atom. The van der Waals surface area contributed by atoms with Gasteiger partial charge in [0.2, 0.25) is 0 Å². The lowest BCUT2D eigenvalue weighted by Gasteiger charge is -2.17. The fraction of sp³-hybridized carbons (Fsp3) is 0.250. The highest BCUT2D eigenvalue weighted by atomic mass is 16.5. The zero-order valence-electron chi connectivity index (χ0n) is 16.3. The number of carboxylic acid groups (broad SMARTS) is 1. The molecule has 1 heterocycles. The molecule has 1 N–H and O–H groups in total. The van der Waals surface area contributed by atoms with Crippen LogP contribution in [0.3, 0.4) is 0 Å². The number of carbonyl (C=O) groups is 1. The van der Waals surface area contributed by atoms with Crippen molar-refractivity contribution in [3.8, 4) is 17.1 Å². The molecule has 0 amide bonds. The van der Waals surface area contributed by atoms with Gasteiger partial charge in [-0.1, -0.05) is 31.0 Å². The van der Waals surface area contributed by atoms with Crippen molar-refractivity contribution in [2.45, 2.75) is 31.7 Å². The molecule has 0 unspecified atom stereocenters. The quantitative estimate of drug-likeness (QED) is 0.490. The molecule has 1 aliphatic rings. The molecule has 29 heavy (non-hydrogen) atoms. The summed E-state index contributed by atoms with van der Waals surface area (Å²) < 4.78 is 7.65. The summed E-state index contributed by atoms with van der Waals surface area (Å²) in [7, 11) is 1.67. The zero-order valence-corrected chi connectivity index (χ0v) is 16.3. The SMILES string of the molecule is COc1ccc2cc(-c3nc4cc(C(=O)O)ccc4n3C3CCCC3)ccc2c1. The number of aromatic carboxylic acids is 1. The molecule has 5 heteroatoms. The third kappa shape index (κ3) is 3.03.